The number of aliphatic carboxylic acids is 1. The molecule has 1 N–H and O–H groups in total. The number of amides is 1. The normalized spacial score (nSPS) is 12.2. The van der Waals surface area contributed by atoms with E-state index in [-0.39, 0.29) is 18.1 Å². The van der Waals surface area contributed by atoms with Crippen LogP contribution in [0.15, 0.2) is 10.6 Å². The topological polar surface area (TPSA) is 83.6 Å². The minimum absolute atomic E-state index is 0.102. The molecule has 0 aromatic carbocycles. The first-order valence-corrected chi connectivity index (χ1v) is 4.84. The van der Waals surface area contributed by atoms with E-state index < -0.39 is 12.0 Å². The number of carboxylic acid groups (broad SMARTS) is 1. The summed E-state index contributed by atoms with van der Waals surface area (Å²) in [5.74, 6) is -1.19. The number of nitrogens with zero attached hydrogens (tertiary/aromatic N) is 2. The van der Waals surface area contributed by atoms with Gasteiger partial charge in [0.1, 0.15) is 0 Å². The van der Waals surface area contributed by atoms with Crippen molar-refractivity contribution in [3.05, 3.63) is 17.5 Å². The molecular formula is C10H14N2O4. The number of hydrogen-bond acceptors (Lipinski definition) is 4. The van der Waals surface area contributed by atoms with E-state index in [1.165, 1.54) is 18.0 Å². The van der Waals surface area contributed by atoms with Crippen LogP contribution in [0.4, 0.5) is 0 Å². The van der Waals surface area contributed by atoms with Crippen molar-refractivity contribution >= 4 is 11.9 Å². The molecule has 16 heavy (non-hydrogen) atoms. The number of carboxylic acids is 1. The molecule has 1 atom stereocenters. The van der Waals surface area contributed by atoms with Crippen molar-refractivity contribution in [2.45, 2.75) is 26.3 Å². The number of carbonyl (C=O) groups is 2. The highest BCUT2D eigenvalue weighted by atomic mass is 16.5. The molecule has 0 aliphatic heterocycles. The van der Waals surface area contributed by atoms with Crippen LogP contribution in [0, 0.1) is 6.92 Å². The van der Waals surface area contributed by atoms with Gasteiger partial charge in [-0.2, -0.15) is 0 Å². The number of hydrogen-bond donors (Lipinski definition) is 1. The molecule has 1 amide bonds. The standard InChI is InChI=1S/C10H14N2O4/c1-6-4-8(16-11-6)10(15)12(3)7(2)5-9(13)14/h4,7H,5H2,1-3H3,(H,13,14). The summed E-state index contributed by atoms with van der Waals surface area (Å²) in [5.41, 5.74) is 0.614. The Morgan fingerprint density at radius 2 is 2.25 bits per heavy atom. The van der Waals surface area contributed by atoms with Gasteiger partial charge in [0.15, 0.2) is 0 Å². The van der Waals surface area contributed by atoms with Crippen molar-refractivity contribution in [1.82, 2.24) is 10.1 Å². The third-order valence-electron chi connectivity index (χ3n) is 2.29. The molecule has 1 heterocycles. The predicted molar refractivity (Wildman–Crippen MR) is 55.0 cm³/mol. The summed E-state index contributed by atoms with van der Waals surface area (Å²) >= 11 is 0. The molecule has 0 saturated heterocycles. The molecule has 1 unspecified atom stereocenters. The van der Waals surface area contributed by atoms with Crippen molar-refractivity contribution in [2.24, 2.45) is 0 Å². The molecule has 1 rings (SSSR count). The van der Waals surface area contributed by atoms with Gasteiger partial charge in [-0.05, 0) is 13.8 Å². The van der Waals surface area contributed by atoms with E-state index in [2.05, 4.69) is 5.16 Å². The summed E-state index contributed by atoms with van der Waals surface area (Å²) in [6.07, 6.45) is -0.102. The third-order valence-corrected chi connectivity index (χ3v) is 2.29. The number of aryl methyl sites for hydroxylation is 1. The van der Waals surface area contributed by atoms with Gasteiger partial charge >= 0.3 is 5.97 Å². The SMILES string of the molecule is Cc1cc(C(=O)N(C)C(C)CC(=O)O)on1. The Morgan fingerprint density at radius 1 is 1.62 bits per heavy atom. The largest absolute Gasteiger partial charge is 0.481 e. The van der Waals surface area contributed by atoms with Crippen molar-refractivity contribution in [1.29, 1.82) is 0 Å². The van der Waals surface area contributed by atoms with Crippen molar-refractivity contribution in [3.63, 3.8) is 0 Å². The molecule has 0 aliphatic rings. The molecule has 1 aromatic heterocycles. The second-order valence-electron chi connectivity index (χ2n) is 3.70. The van der Waals surface area contributed by atoms with Crippen LogP contribution in [-0.2, 0) is 4.79 Å². The van der Waals surface area contributed by atoms with Crippen LogP contribution in [0.1, 0.15) is 29.6 Å². The Hall–Kier alpha value is -1.85. The van der Waals surface area contributed by atoms with Crippen LogP contribution in [0.3, 0.4) is 0 Å². The first kappa shape index (κ1) is 12.2. The summed E-state index contributed by atoms with van der Waals surface area (Å²) in [5, 5.41) is 12.2. The second kappa shape index (κ2) is 4.78. The minimum Gasteiger partial charge on any atom is -0.481 e. The van der Waals surface area contributed by atoms with Gasteiger partial charge in [-0.3, -0.25) is 9.59 Å². The molecular weight excluding hydrogens is 212 g/mol. The van der Waals surface area contributed by atoms with Gasteiger partial charge in [0, 0.05) is 19.2 Å². The molecule has 0 aliphatic carbocycles. The van der Waals surface area contributed by atoms with Gasteiger partial charge in [-0.25, -0.2) is 0 Å². The summed E-state index contributed by atoms with van der Waals surface area (Å²) in [6, 6.07) is 1.13. The van der Waals surface area contributed by atoms with Crippen LogP contribution in [-0.4, -0.2) is 40.1 Å². The molecule has 6 nitrogen and oxygen atoms in total. The lowest BCUT2D eigenvalue weighted by molar-refractivity contribution is -0.137. The number of aromatic nitrogens is 1. The molecule has 1 aromatic rings. The highest BCUT2D eigenvalue weighted by Gasteiger charge is 2.22. The van der Waals surface area contributed by atoms with E-state index >= 15 is 0 Å². The van der Waals surface area contributed by atoms with Crippen LogP contribution in [0.2, 0.25) is 0 Å². The maximum absolute atomic E-state index is 11.8. The van der Waals surface area contributed by atoms with Crippen LogP contribution < -0.4 is 0 Å². The summed E-state index contributed by atoms with van der Waals surface area (Å²) in [4.78, 5) is 23.6. The van der Waals surface area contributed by atoms with Crippen molar-refractivity contribution < 1.29 is 19.2 Å². The lowest BCUT2D eigenvalue weighted by atomic mass is 10.2. The Kier molecular flexibility index (Phi) is 3.65. The first-order chi connectivity index (χ1) is 7.41. The highest BCUT2D eigenvalue weighted by Crippen LogP contribution is 2.09. The molecule has 0 bridgehead atoms. The van der Waals surface area contributed by atoms with Gasteiger partial charge in [0.2, 0.25) is 5.76 Å². The predicted octanol–water partition coefficient (Wildman–Crippen LogP) is 0.918. The average Bonchev–Trinajstić information content (AvgIpc) is 2.61. The highest BCUT2D eigenvalue weighted by molar-refractivity contribution is 5.91. The Morgan fingerprint density at radius 3 is 2.69 bits per heavy atom. The summed E-state index contributed by atoms with van der Waals surface area (Å²) in [7, 11) is 1.54. The lowest BCUT2D eigenvalue weighted by Crippen LogP contribution is -2.36. The zero-order valence-corrected chi connectivity index (χ0v) is 9.43. The van der Waals surface area contributed by atoms with Gasteiger partial charge < -0.3 is 14.5 Å². The van der Waals surface area contributed by atoms with Gasteiger partial charge in [0.05, 0.1) is 12.1 Å². The van der Waals surface area contributed by atoms with Gasteiger partial charge in [-0.1, -0.05) is 5.16 Å². The van der Waals surface area contributed by atoms with Crippen LogP contribution in [0.5, 0.6) is 0 Å². The smallest absolute Gasteiger partial charge is 0.305 e. The first-order valence-electron chi connectivity index (χ1n) is 4.84. The van der Waals surface area contributed by atoms with Gasteiger partial charge in [0.25, 0.3) is 5.91 Å². The molecule has 6 heteroatoms. The minimum atomic E-state index is -0.944. The zero-order valence-electron chi connectivity index (χ0n) is 9.43. The molecule has 88 valence electrons. The van der Waals surface area contributed by atoms with Crippen molar-refractivity contribution in [3.8, 4) is 0 Å². The average molecular weight is 226 g/mol. The molecule has 0 fully saturated rings. The molecule has 0 saturated carbocycles. The Balaban J connectivity index is 2.70. The fraction of sp³-hybridized carbons (Fsp3) is 0.500. The summed E-state index contributed by atoms with van der Waals surface area (Å²) < 4.78 is 4.81. The van der Waals surface area contributed by atoms with E-state index in [9.17, 15) is 9.59 Å². The maximum Gasteiger partial charge on any atom is 0.305 e. The van der Waals surface area contributed by atoms with Crippen LogP contribution >= 0.6 is 0 Å². The quantitative estimate of drug-likeness (QED) is 0.825. The van der Waals surface area contributed by atoms with E-state index in [0.29, 0.717) is 5.69 Å². The monoisotopic (exact) mass is 226 g/mol. The van der Waals surface area contributed by atoms with Gasteiger partial charge in [-0.15, -0.1) is 0 Å². The maximum atomic E-state index is 11.8. The fourth-order valence-electron chi connectivity index (χ4n) is 1.23. The second-order valence-corrected chi connectivity index (χ2v) is 3.70. The summed E-state index contributed by atoms with van der Waals surface area (Å²) in [6.45, 7) is 3.37. The molecule has 0 radical (unpaired) electrons. The fourth-order valence-corrected chi connectivity index (χ4v) is 1.23. The number of rotatable bonds is 4. The van der Waals surface area contributed by atoms with E-state index in [4.69, 9.17) is 9.63 Å². The van der Waals surface area contributed by atoms with E-state index in [0.717, 1.165) is 0 Å². The van der Waals surface area contributed by atoms with Crippen molar-refractivity contribution in [2.75, 3.05) is 7.05 Å². The third kappa shape index (κ3) is 2.82. The Bertz CT molecular complexity index is 399. The van der Waals surface area contributed by atoms with E-state index in [1.807, 2.05) is 0 Å². The lowest BCUT2D eigenvalue weighted by Gasteiger charge is -2.22. The zero-order chi connectivity index (χ0) is 12.3. The Labute approximate surface area is 92.8 Å². The molecule has 0 spiro atoms. The van der Waals surface area contributed by atoms with E-state index in [1.54, 1.807) is 13.8 Å². The number of carbonyl (C=O) groups excluding carboxylic acids is 1. The van der Waals surface area contributed by atoms with Crippen LogP contribution in [0.25, 0.3) is 0 Å².